The minimum absolute atomic E-state index is 0.593. The Morgan fingerprint density at radius 2 is 1.75 bits per heavy atom. The van der Waals surface area contributed by atoms with Crippen molar-refractivity contribution in [3.63, 3.8) is 0 Å². The lowest BCUT2D eigenvalue weighted by Crippen LogP contribution is -2.28. The van der Waals surface area contributed by atoms with Crippen molar-refractivity contribution >= 4 is 15.9 Å². The summed E-state index contributed by atoms with van der Waals surface area (Å²) in [5.41, 5.74) is 1.43. The number of halogens is 1. The van der Waals surface area contributed by atoms with Crippen molar-refractivity contribution in [1.29, 1.82) is 0 Å². The molecule has 0 aliphatic rings. The monoisotopic (exact) mass is 283 g/mol. The molecule has 0 amide bonds. The maximum Gasteiger partial charge on any atom is 0.0175 e. The van der Waals surface area contributed by atoms with Gasteiger partial charge in [-0.15, -0.1) is 0 Å². The first-order valence-corrected chi connectivity index (χ1v) is 6.85. The SMILES string of the molecule is CC(CCc1ccc(Br)cc1)CNC(C)C. The van der Waals surface area contributed by atoms with Crippen LogP contribution in [0.2, 0.25) is 0 Å². The molecule has 0 aromatic heterocycles. The van der Waals surface area contributed by atoms with Gasteiger partial charge in [-0.25, -0.2) is 0 Å². The second-order valence-electron chi connectivity index (χ2n) is 4.83. The van der Waals surface area contributed by atoms with E-state index in [1.54, 1.807) is 0 Å². The smallest absolute Gasteiger partial charge is 0.0175 e. The van der Waals surface area contributed by atoms with Gasteiger partial charge in [-0.2, -0.15) is 0 Å². The molecule has 0 saturated carbocycles. The molecular formula is C14H22BrN. The van der Waals surface area contributed by atoms with E-state index in [-0.39, 0.29) is 0 Å². The second kappa shape index (κ2) is 7.08. The van der Waals surface area contributed by atoms with E-state index in [2.05, 4.69) is 66.3 Å². The van der Waals surface area contributed by atoms with E-state index >= 15 is 0 Å². The van der Waals surface area contributed by atoms with Crippen LogP contribution in [-0.2, 0) is 6.42 Å². The maximum atomic E-state index is 3.48. The van der Waals surface area contributed by atoms with E-state index in [0.717, 1.165) is 16.9 Å². The highest BCUT2D eigenvalue weighted by atomic mass is 79.9. The molecule has 1 atom stereocenters. The molecule has 0 bridgehead atoms. The summed E-state index contributed by atoms with van der Waals surface area (Å²) in [4.78, 5) is 0. The van der Waals surface area contributed by atoms with Crippen LogP contribution < -0.4 is 5.32 Å². The zero-order valence-corrected chi connectivity index (χ0v) is 12.0. The van der Waals surface area contributed by atoms with Gasteiger partial charge >= 0.3 is 0 Å². The third-order valence-corrected chi connectivity index (χ3v) is 3.24. The van der Waals surface area contributed by atoms with Crippen LogP contribution in [-0.4, -0.2) is 12.6 Å². The average molecular weight is 284 g/mol. The standard InChI is InChI=1S/C14H22BrN/c1-11(2)16-10-12(3)4-5-13-6-8-14(15)9-7-13/h6-9,11-12,16H,4-5,10H2,1-3H3. The lowest BCUT2D eigenvalue weighted by atomic mass is 10.0. The van der Waals surface area contributed by atoms with Gasteiger partial charge in [0.1, 0.15) is 0 Å². The van der Waals surface area contributed by atoms with E-state index in [0.29, 0.717) is 6.04 Å². The highest BCUT2D eigenvalue weighted by molar-refractivity contribution is 9.10. The third-order valence-electron chi connectivity index (χ3n) is 2.71. The molecule has 0 saturated heterocycles. The average Bonchev–Trinajstić information content (AvgIpc) is 2.25. The fraction of sp³-hybridized carbons (Fsp3) is 0.571. The number of aryl methyl sites for hydroxylation is 1. The van der Waals surface area contributed by atoms with E-state index in [9.17, 15) is 0 Å². The Bertz CT molecular complexity index is 292. The number of hydrogen-bond acceptors (Lipinski definition) is 1. The fourth-order valence-electron chi connectivity index (χ4n) is 1.60. The number of rotatable bonds is 6. The van der Waals surface area contributed by atoms with Crippen LogP contribution in [0.1, 0.15) is 32.8 Å². The molecule has 1 aromatic carbocycles. The molecule has 0 radical (unpaired) electrons. The molecule has 0 fully saturated rings. The maximum absolute atomic E-state index is 3.48. The first kappa shape index (κ1) is 13.7. The summed E-state index contributed by atoms with van der Waals surface area (Å²) in [6.07, 6.45) is 2.43. The molecule has 0 heterocycles. The molecule has 0 aliphatic carbocycles. The van der Waals surface area contributed by atoms with Gasteiger partial charge in [0.25, 0.3) is 0 Å². The quantitative estimate of drug-likeness (QED) is 0.832. The van der Waals surface area contributed by atoms with E-state index in [4.69, 9.17) is 0 Å². The van der Waals surface area contributed by atoms with Crippen molar-refractivity contribution in [3.8, 4) is 0 Å². The Balaban J connectivity index is 2.26. The van der Waals surface area contributed by atoms with Crippen LogP contribution in [0.4, 0.5) is 0 Å². The van der Waals surface area contributed by atoms with Crippen LogP contribution in [0.15, 0.2) is 28.7 Å². The molecular weight excluding hydrogens is 262 g/mol. The number of benzene rings is 1. The first-order chi connectivity index (χ1) is 7.58. The van der Waals surface area contributed by atoms with Crippen molar-refractivity contribution in [2.24, 2.45) is 5.92 Å². The third kappa shape index (κ3) is 5.66. The van der Waals surface area contributed by atoms with Crippen molar-refractivity contribution < 1.29 is 0 Å². The topological polar surface area (TPSA) is 12.0 Å². The van der Waals surface area contributed by atoms with Crippen molar-refractivity contribution in [2.45, 2.75) is 39.7 Å². The van der Waals surface area contributed by atoms with E-state index in [1.807, 2.05) is 0 Å². The van der Waals surface area contributed by atoms with E-state index < -0.39 is 0 Å². The van der Waals surface area contributed by atoms with Crippen molar-refractivity contribution in [2.75, 3.05) is 6.54 Å². The Labute approximate surface area is 108 Å². The summed E-state index contributed by atoms with van der Waals surface area (Å²) in [6.45, 7) is 7.82. The van der Waals surface area contributed by atoms with Crippen LogP contribution in [0.3, 0.4) is 0 Å². The van der Waals surface area contributed by atoms with Gasteiger partial charge in [-0.3, -0.25) is 0 Å². The Morgan fingerprint density at radius 3 is 2.31 bits per heavy atom. The van der Waals surface area contributed by atoms with Crippen LogP contribution in [0.25, 0.3) is 0 Å². The molecule has 1 aromatic rings. The molecule has 16 heavy (non-hydrogen) atoms. The summed E-state index contributed by atoms with van der Waals surface area (Å²) in [7, 11) is 0. The number of hydrogen-bond donors (Lipinski definition) is 1. The van der Waals surface area contributed by atoms with Gasteiger partial charge < -0.3 is 5.32 Å². The lowest BCUT2D eigenvalue weighted by Gasteiger charge is -2.14. The molecule has 90 valence electrons. The van der Waals surface area contributed by atoms with Gasteiger partial charge in [-0.05, 0) is 43.0 Å². The molecule has 1 unspecified atom stereocenters. The summed E-state index contributed by atoms with van der Waals surface area (Å²) in [5.74, 6) is 0.742. The molecule has 1 nitrogen and oxygen atoms in total. The minimum Gasteiger partial charge on any atom is -0.314 e. The highest BCUT2D eigenvalue weighted by Crippen LogP contribution is 2.13. The second-order valence-corrected chi connectivity index (χ2v) is 5.75. The molecule has 0 spiro atoms. The highest BCUT2D eigenvalue weighted by Gasteiger charge is 2.03. The van der Waals surface area contributed by atoms with E-state index in [1.165, 1.54) is 18.4 Å². The molecule has 2 heteroatoms. The minimum atomic E-state index is 0.593. The Morgan fingerprint density at radius 1 is 1.12 bits per heavy atom. The van der Waals surface area contributed by atoms with Gasteiger partial charge in [-0.1, -0.05) is 48.8 Å². The van der Waals surface area contributed by atoms with Crippen molar-refractivity contribution in [3.05, 3.63) is 34.3 Å². The molecule has 0 aliphatic heterocycles. The van der Waals surface area contributed by atoms with Crippen LogP contribution >= 0.6 is 15.9 Å². The van der Waals surface area contributed by atoms with Crippen LogP contribution in [0.5, 0.6) is 0 Å². The summed E-state index contributed by atoms with van der Waals surface area (Å²) in [5, 5.41) is 3.48. The fourth-order valence-corrected chi connectivity index (χ4v) is 1.87. The van der Waals surface area contributed by atoms with Gasteiger partial charge in [0.2, 0.25) is 0 Å². The first-order valence-electron chi connectivity index (χ1n) is 6.05. The predicted octanol–water partition coefficient (Wildman–Crippen LogP) is 4.02. The summed E-state index contributed by atoms with van der Waals surface area (Å²) in [6, 6.07) is 9.23. The summed E-state index contributed by atoms with van der Waals surface area (Å²) < 4.78 is 1.16. The predicted molar refractivity (Wildman–Crippen MR) is 74.8 cm³/mol. The molecule has 1 rings (SSSR count). The van der Waals surface area contributed by atoms with Gasteiger partial charge in [0.15, 0.2) is 0 Å². The Kier molecular flexibility index (Phi) is 6.07. The number of nitrogens with one attached hydrogen (secondary N) is 1. The zero-order valence-electron chi connectivity index (χ0n) is 10.5. The molecule has 1 N–H and O–H groups in total. The summed E-state index contributed by atoms with van der Waals surface area (Å²) >= 11 is 3.46. The van der Waals surface area contributed by atoms with Gasteiger partial charge in [0, 0.05) is 10.5 Å². The normalized spacial score (nSPS) is 13.1. The van der Waals surface area contributed by atoms with Crippen molar-refractivity contribution in [1.82, 2.24) is 5.32 Å². The lowest BCUT2D eigenvalue weighted by molar-refractivity contribution is 0.454. The van der Waals surface area contributed by atoms with Crippen LogP contribution in [0, 0.1) is 5.92 Å². The van der Waals surface area contributed by atoms with Gasteiger partial charge in [0.05, 0.1) is 0 Å². The zero-order chi connectivity index (χ0) is 12.0. The largest absolute Gasteiger partial charge is 0.314 e. The Hall–Kier alpha value is -0.340.